The molecule has 1 heterocycles. The van der Waals surface area contributed by atoms with Gasteiger partial charge in [0.25, 0.3) is 5.91 Å². The molecule has 1 unspecified atom stereocenters. The van der Waals surface area contributed by atoms with Crippen LogP contribution >= 0.6 is 0 Å². The predicted molar refractivity (Wildman–Crippen MR) is 119 cm³/mol. The first-order valence-corrected chi connectivity index (χ1v) is 10.8. The first kappa shape index (κ1) is 21.5. The Morgan fingerprint density at radius 2 is 1.75 bits per heavy atom. The van der Waals surface area contributed by atoms with E-state index in [2.05, 4.69) is 16.0 Å². The second-order valence-corrected chi connectivity index (χ2v) is 8.18. The molecule has 1 spiro atoms. The molecule has 1 atom stereocenters. The van der Waals surface area contributed by atoms with E-state index < -0.39 is 29.9 Å². The normalized spacial score (nSPS) is 19.5. The standard InChI is InChI=1S/C24H26N4O4/c1-2-16-7-5-6-10-19(16)26-20(29)14-25-21(30)15-28-22(31)24(27-23(28)32)12-11-17-8-3-4-9-18(17)13-24/h3-10H,2,11-15H2,1H3,(H,25,30)(H,26,29)(H,27,32). The van der Waals surface area contributed by atoms with Crippen molar-refractivity contribution >= 4 is 29.4 Å². The van der Waals surface area contributed by atoms with Crippen LogP contribution in [-0.2, 0) is 33.6 Å². The van der Waals surface area contributed by atoms with E-state index in [-0.39, 0.29) is 12.5 Å². The van der Waals surface area contributed by atoms with Gasteiger partial charge in [-0.2, -0.15) is 0 Å². The number of hydrogen-bond donors (Lipinski definition) is 3. The number of anilines is 1. The minimum absolute atomic E-state index is 0.251. The fourth-order valence-electron chi connectivity index (χ4n) is 4.37. The highest BCUT2D eigenvalue weighted by Gasteiger charge is 2.52. The molecule has 2 aromatic rings. The van der Waals surface area contributed by atoms with Gasteiger partial charge in [0, 0.05) is 12.1 Å². The van der Waals surface area contributed by atoms with E-state index >= 15 is 0 Å². The summed E-state index contributed by atoms with van der Waals surface area (Å²) in [5, 5.41) is 8.06. The fourth-order valence-corrected chi connectivity index (χ4v) is 4.37. The van der Waals surface area contributed by atoms with Gasteiger partial charge in [-0.05, 0) is 42.0 Å². The zero-order valence-corrected chi connectivity index (χ0v) is 17.9. The van der Waals surface area contributed by atoms with Crippen LogP contribution in [0.1, 0.15) is 30.0 Å². The molecule has 1 aliphatic heterocycles. The molecule has 3 N–H and O–H groups in total. The van der Waals surface area contributed by atoms with Gasteiger partial charge in [-0.15, -0.1) is 0 Å². The summed E-state index contributed by atoms with van der Waals surface area (Å²) in [6.45, 7) is 1.31. The van der Waals surface area contributed by atoms with Crippen molar-refractivity contribution in [3.05, 3.63) is 65.2 Å². The van der Waals surface area contributed by atoms with Crippen molar-refractivity contribution in [3.8, 4) is 0 Å². The minimum atomic E-state index is -1.01. The number of urea groups is 1. The lowest BCUT2D eigenvalue weighted by atomic mass is 9.78. The van der Waals surface area contributed by atoms with E-state index in [0.717, 1.165) is 22.4 Å². The molecule has 0 radical (unpaired) electrons. The van der Waals surface area contributed by atoms with Crippen LogP contribution in [0.2, 0.25) is 0 Å². The van der Waals surface area contributed by atoms with Gasteiger partial charge in [0.15, 0.2) is 0 Å². The number of benzene rings is 2. The van der Waals surface area contributed by atoms with E-state index in [9.17, 15) is 19.2 Å². The number of para-hydroxylation sites is 1. The van der Waals surface area contributed by atoms with Gasteiger partial charge in [0.1, 0.15) is 12.1 Å². The average molecular weight is 434 g/mol. The van der Waals surface area contributed by atoms with Gasteiger partial charge in [0.2, 0.25) is 11.8 Å². The molecule has 0 saturated carbocycles. The Bertz CT molecular complexity index is 1080. The Morgan fingerprint density at radius 3 is 2.53 bits per heavy atom. The Kier molecular flexibility index (Phi) is 5.94. The molecule has 8 nitrogen and oxygen atoms in total. The SMILES string of the molecule is CCc1ccccc1NC(=O)CNC(=O)CN1C(=O)NC2(CCc3ccccc3C2)C1=O. The summed E-state index contributed by atoms with van der Waals surface area (Å²) < 4.78 is 0. The van der Waals surface area contributed by atoms with Gasteiger partial charge >= 0.3 is 6.03 Å². The highest BCUT2D eigenvalue weighted by Crippen LogP contribution is 2.33. The number of rotatable bonds is 6. The van der Waals surface area contributed by atoms with Crippen LogP contribution < -0.4 is 16.0 Å². The van der Waals surface area contributed by atoms with Crippen LogP contribution in [0.4, 0.5) is 10.5 Å². The maximum atomic E-state index is 13.1. The molecule has 1 saturated heterocycles. The zero-order chi connectivity index (χ0) is 22.7. The largest absolute Gasteiger partial charge is 0.345 e. The number of nitrogens with one attached hydrogen (secondary N) is 3. The lowest BCUT2D eigenvalue weighted by molar-refractivity contribution is -0.135. The molecule has 4 rings (SSSR count). The number of fused-ring (bicyclic) bond motifs is 1. The number of imide groups is 1. The third kappa shape index (κ3) is 4.21. The molecular weight excluding hydrogens is 408 g/mol. The number of aryl methyl sites for hydroxylation is 2. The van der Waals surface area contributed by atoms with Gasteiger partial charge < -0.3 is 16.0 Å². The number of amides is 5. The van der Waals surface area contributed by atoms with Gasteiger partial charge in [-0.25, -0.2) is 4.79 Å². The van der Waals surface area contributed by atoms with Crippen molar-refractivity contribution in [1.29, 1.82) is 0 Å². The number of nitrogens with zero attached hydrogens (tertiary/aromatic N) is 1. The number of carbonyl (C=O) groups is 4. The van der Waals surface area contributed by atoms with Crippen molar-refractivity contribution in [2.45, 2.75) is 38.1 Å². The molecule has 0 aromatic heterocycles. The van der Waals surface area contributed by atoms with Gasteiger partial charge in [0.05, 0.1) is 6.54 Å². The fraction of sp³-hybridized carbons (Fsp3) is 0.333. The van der Waals surface area contributed by atoms with Crippen LogP contribution in [0.15, 0.2) is 48.5 Å². The van der Waals surface area contributed by atoms with Crippen LogP contribution in [0.25, 0.3) is 0 Å². The van der Waals surface area contributed by atoms with Crippen molar-refractivity contribution < 1.29 is 19.2 Å². The van der Waals surface area contributed by atoms with Crippen molar-refractivity contribution in [3.63, 3.8) is 0 Å². The topological polar surface area (TPSA) is 108 Å². The summed E-state index contributed by atoms with van der Waals surface area (Å²) in [4.78, 5) is 51.1. The maximum absolute atomic E-state index is 13.1. The predicted octanol–water partition coefficient (Wildman–Crippen LogP) is 1.78. The number of hydrogen-bond acceptors (Lipinski definition) is 4. The lowest BCUT2D eigenvalue weighted by Crippen LogP contribution is -2.51. The Labute approximate surface area is 186 Å². The highest BCUT2D eigenvalue weighted by atomic mass is 16.2. The quantitative estimate of drug-likeness (QED) is 0.603. The summed E-state index contributed by atoms with van der Waals surface area (Å²) in [5.74, 6) is -1.34. The summed E-state index contributed by atoms with van der Waals surface area (Å²) in [6.07, 6.45) is 2.35. The van der Waals surface area contributed by atoms with Crippen LogP contribution in [0.3, 0.4) is 0 Å². The summed E-state index contributed by atoms with van der Waals surface area (Å²) in [5.41, 5.74) is 2.89. The Balaban J connectivity index is 1.33. The zero-order valence-electron chi connectivity index (χ0n) is 17.9. The molecule has 8 heteroatoms. The Hall–Kier alpha value is -3.68. The summed E-state index contributed by atoms with van der Waals surface area (Å²) in [6, 6.07) is 14.7. The first-order chi connectivity index (χ1) is 15.4. The first-order valence-electron chi connectivity index (χ1n) is 10.8. The second kappa shape index (κ2) is 8.82. The van der Waals surface area contributed by atoms with E-state index in [1.54, 1.807) is 6.07 Å². The van der Waals surface area contributed by atoms with E-state index in [0.29, 0.717) is 24.9 Å². The minimum Gasteiger partial charge on any atom is -0.345 e. The molecule has 166 valence electrons. The lowest BCUT2D eigenvalue weighted by Gasteiger charge is -2.32. The third-order valence-corrected chi connectivity index (χ3v) is 6.10. The molecule has 2 aliphatic rings. The van der Waals surface area contributed by atoms with E-state index in [4.69, 9.17) is 0 Å². The van der Waals surface area contributed by atoms with Crippen molar-refractivity contribution in [2.75, 3.05) is 18.4 Å². The van der Waals surface area contributed by atoms with Gasteiger partial charge in [-0.1, -0.05) is 49.4 Å². The molecule has 1 aliphatic carbocycles. The third-order valence-electron chi connectivity index (χ3n) is 6.10. The van der Waals surface area contributed by atoms with Crippen LogP contribution in [0.5, 0.6) is 0 Å². The van der Waals surface area contributed by atoms with Crippen molar-refractivity contribution in [2.24, 2.45) is 0 Å². The van der Waals surface area contributed by atoms with Gasteiger partial charge in [-0.3, -0.25) is 19.3 Å². The van der Waals surface area contributed by atoms with Crippen LogP contribution in [-0.4, -0.2) is 47.3 Å². The highest BCUT2D eigenvalue weighted by molar-refractivity contribution is 6.09. The molecule has 2 aromatic carbocycles. The van der Waals surface area contributed by atoms with Crippen molar-refractivity contribution in [1.82, 2.24) is 15.5 Å². The molecule has 0 bridgehead atoms. The average Bonchev–Trinajstić information content (AvgIpc) is 3.01. The molecule has 5 amide bonds. The molecular formula is C24H26N4O4. The molecule has 32 heavy (non-hydrogen) atoms. The smallest absolute Gasteiger partial charge is 0.325 e. The molecule has 1 fully saturated rings. The number of carbonyl (C=O) groups excluding carboxylic acids is 4. The van der Waals surface area contributed by atoms with E-state index in [1.807, 2.05) is 49.4 Å². The summed E-state index contributed by atoms with van der Waals surface area (Å²) in [7, 11) is 0. The monoisotopic (exact) mass is 434 g/mol. The van der Waals surface area contributed by atoms with E-state index in [1.165, 1.54) is 5.56 Å². The summed E-state index contributed by atoms with van der Waals surface area (Å²) >= 11 is 0. The maximum Gasteiger partial charge on any atom is 0.325 e. The second-order valence-electron chi connectivity index (χ2n) is 8.18. The Morgan fingerprint density at radius 1 is 1.03 bits per heavy atom. The van der Waals surface area contributed by atoms with Crippen LogP contribution in [0, 0.1) is 0 Å².